The van der Waals surface area contributed by atoms with Gasteiger partial charge in [0.2, 0.25) is 5.88 Å². The minimum atomic E-state index is -4.55. The van der Waals surface area contributed by atoms with Crippen molar-refractivity contribution < 1.29 is 27.5 Å². The van der Waals surface area contributed by atoms with E-state index < -0.39 is 24.6 Å². The van der Waals surface area contributed by atoms with E-state index in [-0.39, 0.29) is 28.3 Å². The minimum absolute atomic E-state index is 0.108. The molecule has 166 valence electrons. The molecule has 2 heterocycles. The zero-order chi connectivity index (χ0) is 23.3. The number of benzene rings is 1. The number of hydrogen-bond acceptors (Lipinski definition) is 5. The first kappa shape index (κ1) is 23.0. The van der Waals surface area contributed by atoms with Gasteiger partial charge in [-0.25, -0.2) is 4.98 Å². The Morgan fingerprint density at radius 1 is 1.03 bits per heavy atom. The molecule has 0 aliphatic heterocycles. The maximum Gasteiger partial charge on any atom is 0.422 e. The van der Waals surface area contributed by atoms with Crippen LogP contribution in [0.1, 0.15) is 20.7 Å². The third kappa shape index (κ3) is 5.94. The number of carbonyl (C=O) groups excluding carboxylic acids is 2. The highest BCUT2D eigenvalue weighted by Gasteiger charge is 2.29. The Morgan fingerprint density at radius 2 is 1.69 bits per heavy atom. The SMILES string of the molecule is CNC(=O)c1cncc(C(=O)Nc2cnc(OCC(F)(F)F)c(-c3ccc(Cl)cc3)c2)c1. The van der Waals surface area contributed by atoms with Gasteiger partial charge in [0.25, 0.3) is 11.8 Å². The Balaban J connectivity index is 1.90. The average Bonchev–Trinajstić information content (AvgIpc) is 2.77. The molecule has 0 bridgehead atoms. The molecule has 0 fully saturated rings. The summed E-state index contributed by atoms with van der Waals surface area (Å²) in [5.74, 6) is -1.26. The molecule has 2 aromatic heterocycles. The number of hydrogen-bond donors (Lipinski definition) is 2. The first-order chi connectivity index (χ1) is 15.2. The maximum atomic E-state index is 12.6. The zero-order valence-electron chi connectivity index (χ0n) is 16.5. The van der Waals surface area contributed by atoms with Crippen LogP contribution in [0.3, 0.4) is 0 Å². The Bertz CT molecular complexity index is 1140. The predicted octanol–water partition coefficient (Wildman–Crippen LogP) is 4.35. The lowest BCUT2D eigenvalue weighted by Crippen LogP contribution is -2.20. The van der Waals surface area contributed by atoms with Crippen molar-refractivity contribution in [3.05, 3.63) is 71.1 Å². The van der Waals surface area contributed by atoms with Gasteiger partial charge in [-0.3, -0.25) is 14.6 Å². The second-order valence-corrected chi connectivity index (χ2v) is 6.92. The lowest BCUT2D eigenvalue weighted by Gasteiger charge is -2.14. The Kier molecular flexibility index (Phi) is 6.94. The van der Waals surface area contributed by atoms with Gasteiger partial charge in [-0.1, -0.05) is 23.7 Å². The number of anilines is 1. The Labute approximate surface area is 185 Å². The first-order valence-corrected chi connectivity index (χ1v) is 9.48. The summed E-state index contributed by atoms with van der Waals surface area (Å²) in [5, 5.41) is 5.46. The molecule has 11 heteroatoms. The summed E-state index contributed by atoms with van der Waals surface area (Å²) in [6.45, 7) is -1.52. The molecule has 1 aromatic carbocycles. The van der Waals surface area contributed by atoms with Crippen molar-refractivity contribution in [2.45, 2.75) is 6.18 Å². The molecule has 3 rings (SSSR count). The van der Waals surface area contributed by atoms with E-state index in [0.29, 0.717) is 10.6 Å². The van der Waals surface area contributed by atoms with E-state index in [1.807, 2.05) is 0 Å². The van der Waals surface area contributed by atoms with E-state index in [1.165, 1.54) is 37.8 Å². The summed E-state index contributed by atoms with van der Waals surface area (Å²) >= 11 is 5.89. The van der Waals surface area contributed by atoms with Gasteiger partial charge in [0.15, 0.2) is 6.61 Å². The van der Waals surface area contributed by atoms with Crippen molar-refractivity contribution in [2.75, 3.05) is 19.0 Å². The normalized spacial score (nSPS) is 11.0. The third-order valence-corrected chi connectivity index (χ3v) is 4.38. The van der Waals surface area contributed by atoms with Gasteiger partial charge in [-0.2, -0.15) is 13.2 Å². The number of alkyl halides is 3. The van der Waals surface area contributed by atoms with Crippen molar-refractivity contribution in [1.29, 1.82) is 0 Å². The summed E-state index contributed by atoms with van der Waals surface area (Å²) < 4.78 is 42.7. The summed E-state index contributed by atoms with van der Waals surface area (Å²) in [4.78, 5) is 32.2. The number of amides is 2. The molecule has 0 atom stereocenters. The van der Waals surface area contributed by atoms with E-state index in [4.69, 9.17) is 16.3 Å². The van der Waals surface area contributed by atoms with Gasteiger partial charge < -0.3 is 15.4 Å². The molecule has 0 saturated heterocycles. The minimum Gasteiger partial charge on any atom is -0.468 e. The number of nitrogens with zero attached hydrogens (tertiary/aromatic N) is 2. The van der Waals surface area contributed by atoms with Gasteiger partial charge in [0.05, 0.1) is 23.0 Å². The molecule has 2 amide bonds. The molecule has 0 spiro atoms. The molecule has 3 aromatic rings. The summed E-state index contributed by atoms with van der Waals surface area (Å²) in [6.07, 6.45) is -0.799. The van der Waals surface area contributed by atoms with Crippen molar-refractivity contribution in [3.8, 4) is 17.0 Å². The molecular weight excluding hydrogens is 449 g/mol. The highest BCUT2D eigenvalue weighted by atomic mass is 35.5. The topological polar surface area (TPSA) is 93.2 Å². The van der Waals surface area contributed by atoms with E-state index in [0.717, 1.165) is 0 Å². The quantitative estimate of drug-likeness (QED) is 0.565. The summed E-state index contributed by atoms with van der Waals surface area (Å²) in [7, 11) is 1.45. The smallest absolute Gasteiger partial charge is 0.422 e. The Hall–Kier alpha value is -3.66. The molecule has 0 radical (unpaired) electrons. The molecule has 2 N–H and O–H groups in total. The summed E-state index contributed by atoms with van der Waals surface area (Å²) in [5.41, 5.74) is 1.21. The van der Waals surface area contributed by atoms with Crippen LogP contribution in [0.2, 0.25) is 5.02 Å². The monoisotopic (exact) mass is 464 g/mol. The largest absolute Gasteiger partial charge is 0.468 e. The lowest BCUT2D eigenvalue weighted by atomic mass is 10.1. The Morgan fingerprint density at radius 3 is 2.31 bits per heavy atom. The number of rotatable bonds is 6. The number of carbonyl (C=O) groups is 2. The van der Waals surface area contributed by atoms with Crippen LogP contribution in [0.4, 0.5) is 18.9 Å². The van der Waals surface area contributed by atoms with Crippen LogP contribution in [-0.4, -0.2) is 41.6 Å². The highest BCUT2D eigenvalue weighted by Crippen LogP contribution is 2.32. The molecular formula is C21H16ClF3N4O3. The van der Waals surface area contributed by atoms with Crippen LogP contribution in [0, 0.1) is 0 Å². The van der Waals surface area contributed by atoms with Crippen molar-refractivity contribution in [1.82, 2.24) is 15.3 Å². The summed E-state index contributed by atoms with van der Waals surface area (Å²) in [6, 6.07) is 9.08. The number of ether oxygens (including phenoxy) is 1. The molecule has 7 nitrogen and oxygen atoms in total. The van der Waals surface area contributed by atoms with Gasteiger partial charge in [-0.05, 0) is 29.8 Å². The number of aromatic nitrogens is 2. The average molecular weight is 465 g/mol. The van der Waals surface area contributed by atoms with Crippen molar-refractivity contribution in [2.24, 2.45) is 0 Å². The van der Waals surface area contributed by atoms with E-state index in [1.54, 1.807) is 24.3 Å². The van der Waals surface area contributed by atoms with E-state index in [9.17, 15) is 22.8 Å². The highest BCUT2D eigenvalue weighted by molar-refractivity contribution is 6.30. The zero-order valence-corrected chi connectivity index (χ0v) is 17.3. The predicted molar refractivity (Wildman–Crippen MR) is 112 cm³/mol. The van der Waals surface area contributed by atoms with Crippen LogP contribution in [0.5, 0.6) is 5.88 Å². The van der Waals surface area contributed by atoms with E-state index >= 15 is 0 Å². The maximum absolute atomic E-state index is 12.6. The number of pyridine rings is 2. The number of nitrogens with one attached hydrogen (secondary N) is 2. The molecule has 0 aliphatic carbocycles. The molecule has 0 aliphatic rings. The number of halogens is 4. The second kappa shape index (κ2) is 9.65. The van der Waals surface area contributed by atoms with Crippen molar-refractivity contribution >= 4 is 29.1 Å². The molecule has 0 unspecified atom stereocenters. The van der Waals surface area contributed by atoms with Gasteiger partial charge >= 0.3 is 6.18 Å². The van der Waals surface area contributed by atoms with Gasteiger partial charge in [0.1, 0.15) is 0 Å². The standard InChI is InChI=1S/C21H16ClF3N4O3/c1-26-18(30)13-6-14(9-27-8-13)19(31)29-16-7-17(12-2-4-15(22)5-3-12)20(28-10-16)32-11-21(23,24)25/h2-10H,11H2,1H3,(H,26,30)(H,29,31). The second-order valence-electron chi connectivity index (χ2n) is 6.48. The molecule has 32 heavy (non-hydrogen) atoms. The molecule has 0 saturated carbocycles. The lowest BCUT2D eigenvalue weighted by molar-refractivity contribution is -0.154. The fourth-order valence-corrected chi connectivity index (χ4v) is 2.78. The van der Waals surface area contributed by atoms with Crippen LogP contribution in [-0.2, 0) is 0 Å². The first-order valence-electron chi connectivity index (χ1n) is 9.10. The van der Waals surface area contributed by atoms with Crippen molar-refractivity contribution in [3.63, 3.8) is 0 Å². The van der Waals surface area contributed by atoms with Crippen LogP contribution >= 0.6 is 11.6 Å². The van der Waals surface area contributed by atoms with Gasteiger partial charge in [0, 0.05) is 30.0 Å². The van der Waals surface area contributed by atoms with Crippen LogP contribution in [0.25, 0.3) is 11.1 Å². The van der Waals surface area contributed by atoms with Gasteiger partial charge in [-0.15, -0.1) is 0 Å². The third-order valence-electron chi connectivity index (χ3n) is 4.13. The fraction of sp³-hybridized carbons (Fsp3) is 0.143. The van der Waals surface area contributed by atoms with E-state index in [2.05, 4.69) is 20.6 Å². The van der Waals surface area contributed by atoms with Crippen LogP contribution < -0.4 is 15.4 Å². The fourth-order valence-electron chi connectivity index (χ4n) is 2.66. The van der Waals surface area contributed by atoms with Crippen LogP contribution in [0.15, 0.2) is 55.0 Å².